The average molecular weight is 512 g/mol. The molecule has 1 aliphatic heterocycles. The Labute approximate surface area is 217 Å². The summed E-state index contributed by atoms with van der Waals surface area (Å²) >= 11 is 6.24. The van der Waals surface area contributed by atoms with Crippen LogP contribution in [0.5, 0.6) is 17.2 Å². The number of hydrogen-bond acceptors (Lipinski definition) is 5. The molecule has 1 unspecified atom stereocenters. The average Bonchev–Trinajstić information content (AvgIpc) is 3.41. The summed E-state index contributed by atoms with van der Waals surface area (Å²) in [5.74, 6) is 1.29. The second-order valence-electron chi connectivity index (χ2n) is 8.97. The first-order valence-corrected chi connectivity index (χ1v) is 13.2. The van der Waals surface area contributed by atoms with Crippen molar-refractivity contribution in [2.24, 2.45) is 0 Å². The Kier molecular flexibility index (Phi) is 8.41. The Balaban J connectivity index is 1.79. The number of nitrogens with one attached hydrogen (secondary N) is 1. The largest absolute Gasteiger partial charge is 0.507 e. The molecule has 1 atom stereocenters. The molecule has 0 saturated carbocycles. The molecule has 8 heteroatoms. The molecule has 192 valence electrons. The van der Waals surface area contributed by atoms with E-state index < -0.39 is 0 Å². The fraction of sp³-hybridized carbons (Fsp3) is 0.429. The van der Waals surface area contributed by atoms with Crippen LogP contribution in [0.4, 0.5) is 0 Å². The van der Waals surface area contributed by atoms with Crippen LogP contribution in [0.3, 0.4) is 0 Å². The molecule has 1 aromatic heterocycles. The number of amides is 1. The Hall–Kier alpha value is -3.19. The van der Waals surface area contributed by atoms with Gasteiger partial charge in [-0.2, -0.15) is 5.10 Å². The van der Waals surface area contributed by atoms with Crippen LogP contribution in [-0.2, 0) is 0 Å². The van der Waals surface area contributed by atoms with E-state index in [2.05, 4.69) is 24.0 Å². The maximum Gasteiger partial charge on any atom is 0.273 e. The molecule has 3 aromatic rings. The number of benzene rings is 2. The molecule has 1 amide bonds. The van der Waals surface area contributed by atoms with E-state index in [1.54, 1.807) is 12.1 Å². The van der Waals surface area contributed by atoms with Crippen LogP contribution in [0.25, 0.3) is 11.3 Å². The summed E-state index contributed by atoms with van der Waals surface area (Å²) in [6, 6.07) is 10.3. The number of phenols is 1. The van der Waals surface area contributed by atoms with E-state index in [9.17, 15) is 9.90 Å². The van der Waals surface area contributed by atoms with Gasteiger partial charge in [-0.15, -0.1) is 0 Å². The molecule has 7 nitrogen and oxygen atoms in total. The standard InChI is InChI=1S/C28H34ClN3O4/c1-4-7-9-15-36-22-13-10-18(16-23(22)35-6-3)27-24-25(20-17-19(29)11-12-21(20)33)30-31-26(24)28(34)32(27)14-8-5-2/h10-13,16-17,27,33H,4-9,14-15H2,1-3H3,(H,30,31). The molecule has 2 aromatic carbocycles. The topological polar surface area (TPSA) is 87.7 Å². The number of aromatic nitrogens is 2. The van der Waals surface area contributed by atoms with Crippen molar-refractivity contribution in [1.29, 1.82) is 0 Å². The maximum absolute atomic E-state index is 13.5. The van der Waals surface area contributed by atoms with Crippen LogP contribution < -0.4 is 9.47 Å². The highest BCUT2D eigenvalue weighted by molar-refractivity contribution is 6.31. The number of hydrogen-bond donors (Lipinski definition) is 2. The number of unbranched alkanes of at least 4 members (excludes halogenated alkanes) is 3. The molecular formula is C28H34ClN3O4. The summed E-state index contributed by atoms with van der Waals surface area (Å²) in [7, 11) is 0. The predicted molar refractivity (Wildman–Crippen MR) is 141 cm³/mol. The van der Waals surface area contributed by atoms with Crippen molar-refractivity contribution in [3.63, 3.8) is 0 Å². The van der Waals surface area contributed by atoms with Gasteiger partial charge in [0.05, 0.1) is 19.3 Å². The van der Waals surface area contributed by atoms with E-state index in [-0.39, 0.29) is 17.7 Å². The first-order valence-electron chi connectivity index (χ1n) is 12.8. The van der Waals surface area contributed by atoms with Crippen LogP contribution >= 0.6 is 11.6 Å². The highest BCUT2D eigenvalue weighted by atomic mass is 35.5. The molecular weight excluding hydrogens is 478 g/mol. The first-order chi connectivity index (χ1) is 17.5. The Bertz CT molecular complexity index is 1210. The van der Waals surface area contributed by atoms with Gasteiger partial charge in [0, 0.05) is 22.7 Å². The normalized spacial score (nSPS) is 14.8. The highest BCUT2D eigenvalue weighted by Gasteiger charge is 2.42. The van der Waals surface area contributed by atoms with E-state index in [0.29, 0.717) is 53.2 Å². The number of ether oxygens (including phenoxy) is 2. The number of carbonyl (C=O) groups is 1. The molecule has 0 saturated heterocycles. The minimum Gasteiger partial charge on any atom is -0.507 e. The quantitative estimate of drug-likeness (QED) is 0.263. The zero-order chi connectivity index (χ0) is 25.7. The van der Waals surface area contributed by atoms with Crippen LogP contribution in [0, 0.1) is 0 Å². The van der Waals surface area contributed by atoms with Gasteiger partial charge >= 0.3 is 0 Å². The third-order valence-corrected chi connectivity index (χ3v) is 6.65. The summed E-state index contributed by atoms with van der Waals surface area (Å²) in [6.07, 6.45) is 5.05. The molecule has 1 aliphatic rings. The zero-order valence-corrected chi connectivity index (χ0v) is 21.9. The minimum absolute atomic E-state index is 0.0535. The SMILES string of the molecule is CCCCCOc1ccc(C2c3c(-c4cc(Cl)ccc4O)n[nH]c3C(=O)N2CCCC)cc1OCC. The number of halogens is 1. The molecule has 0 bridgehead atoms. The lowest BCUT2D eigenvalue weighted by atomic mass is 9.95. The van der Waals surface area contributed by atoms with Crippen molar-refractivity contribution < 1.29 is 19.4 Å². The Morgan fingerprint density at radius 1 is 1.03 bits per heavy atom. The number of nitrogens with zero attached hydrogens (tertiary/aromatic N) is 2. The Morgan fingerprint density at radius 3 is 2.58 bits per heavy atom. The van der Waals surface area contributed by atoms with E-state index in [4.69, 9.17) is 21.1 Å². The van der Waals surface area contributed by atoms with Crippen molar-refractivity contribution in [1.82, 2.24) is 15.1 Å². The fourth-order valence-corrected chi connectivity index (χ4v) is 4.79. The molecule has 4 rings (SSSR count). The van der Waals surface area contributed by atoms with Gasteiger partial charge in [0.25, 0.3) is 5.91 Å². The smallest absolute Gasteiger partial charge is 0.273 e. The summed E-state index contributed by atoms with van der Waals surface area (Å²) in [6.45, 7) is 7.92. The predicted octanol–water partition coefficient (Wildman–Crippen LogP) is 6.75. The van der Waals surface area contributed by atoms with Gasteiger partial charge in [-0.05, 0) is 55.7 Å². The molecule has 2 heterocycles. The van der Waals surface area contributed by atoms with Crippen molar-refractivity contribution >= 4 is 17.5 Å². The zero-order valence-electron chi connectivity index (χ0n) is 21.1. The van der Waals surface area contributed by atoms with Gasteiger partial charge in [0.1, 0.15) is 17.1 Å². The van der Waals surface area contributed by atoms with Crippen LogP contribution in [0.15, 0.2) is 36.4 Å². The fourth-order valence-electron chi connectivity index (χ4n) is 4.62. The molecule has 0 fully saturated rings. The summed E-state index contributed by atoms with van der Waals surface area (Å²) < 4.78 is 12.0. The lowest BCUT2D eigenvalue weighted by Crippen LogP contribution is -2.30. The van der Waals surface area contributed by atoms with Gasteiger partial charge in [0.2, 0.25) is 0 Å². The van der Waals surface area contributed by atoms with Gasteiger partial charge in [-0.25, -0.2) is 0 Å². The molecule has 2 N–H and O–H groups in total. The van der Waals surface area contributed by atoms with Gasteiger partial charge in [0.15, 0.2) is 11.5 Å². The number of phenolic OH excluding ortho intramolecular Hbond substituents is 1. The Morgan fingerprint density at radius 2 is 1.83 bits per heavy atom. The van der Waals surface area contributed by atoms with Crippen LogP contribution in [-0.4, -0.2) is 45.9 Å². The minimum atomic E-state index is -0.389. The van der Waals surface area contributed by atoms with Gasteiger partial charge < -0.3 is 19.5 Å². The number of H-pyrrole nitrogens is 1. The van der Waals surface area contributed by atoms with E-state index in [1.807, 2.05) is 30.0 Å². The van der Waals surface area contributed by atoms with Gasteiger partial charge in [-0.1, -0.05) is 50.8 Å². The molecule has 36 heavy (non-hydrogen) atoms. The lowest BCUT2D eigenvalue weighted by Gasteiger charge is -2.27. The second-order valence-corrected chi connectivity index (χ2v) is 9.41. The van der Waals surface area contributed by atoms with Crippen LogP contribution in [0.1, 0.15) is 80.5 Å². The van der Waals surface area contributed by atoms with E-state index in [0.717, 1.165) is 43.2 Å². The summed E-state index contributed by atoms with van der Waals surface area (Å²) in [5, 5.41) is 18.4. The lowest BCUT2D eigenvalue weighted by molar-refractivity contribution is 0.0741. The maximum atomic E-state index is 13.5. The molecule has 0 aliphatic carbocycles. The second kappa shape index (κ2) is 11.7. The molecule has 0 spiro atoms. The number of rotatable bonds is 12. The summed E-state index contributed by atoms with van der Waals surface area (Å²) in [5.41, 5.74) is 3.05. The van der Waals surface area contributed by atoms with Crippen molar-refractivity contribution in [2.75, 3.05) is 19.8 Å². The van der Waals surface area contributed by atoms with Crippen LogP contribution in [0.2, 0.25) is 5.02 Å². The van der Waals surface area contributed by atoms with E-state index in [1.165, 1.54) is 6.07 Å². The highest BCUT2D eigenvalue weighted by Crippen LogP contribution is 2.46. The third kappa shape index (κ3) is 5.16. The van der Waals surface area contributed by atoms with Gasteiger partial charge in [-0.3, -0.25) is 9.89 Å². The third-order valence-electron chi connectivity index (χ3n) is 6.42. The van der Waals surface area contributed by atoms with Crippen molar-refractivity contribution in [3.8, 4) is 28.5 Å². The van der Waals surface area contributed by atoms with Crippen molar-refractivity contribution in [3.05, 3.63) is 58.2 Å². The number of carbonyl (C=O) groups excluding carboxylic acids is 1. The van der Waals surface area contributed by atoms with E-state index >= 15 is 0 Å². The number of fused-ring (bicyclic) bond motifs is 1. The number of aromatic hydroxyl groups is 1. The number of aromatic amines is 1. The summed E-state index contributed by atoms with van der Waals surface area (Å²) in [4.78, 5) is 15.3. The first kappa shape index (κ1) is 25.9. The molecule has 0 radical (unpaired) electrons. The van der Waals surface area contributed by atoms with Crippen molar-refractivity contribution in [2.45, 2.75) is 58.9 Å². The monoisotopic (exact) mass is 511 g/mol.